The van der Waals surface area contributed by atoms with Gasteiger partial charge in [0.1, 0.15) is 11.2 Å². The predicted molar refractivity (Wildman–Crippen MR) is 239 cm³/mol. The molecular formula is C54H34N2O. The van der Waals surface area contributed by atoms with Crippen molar-refractivity contribution in [1.29, 1.82) is 0 Å². The van der Waals surface area contributed by atoms with Crippen LogP contribution in [0.4, 0.5) is 0 Å². The van der Waals surface area contributed by atoms with Crippen LogP contribution in [0.3, 0.4) is 0 Å². The smallest absolute Gasteiger partial charge is 0.135 e. The maximum absolute atomic E-state index is 6.14. The van der Waals surface area contributed by atoms with Crippen molar-refractivity contribution in [1.82, 2.24) is 9.13 Å². The summed E-state index contributed by atoms with van der Waals surface area (Å²) in [5.41, 5.74) is 16.1. The molecule has 3 heteroatoms. The van der Waals surface area contributed by atoms with E-state index in [4.69, 9.17) is 4.42 Å². The summed E-state index contributed by atoms with van der Waals surface area (Å²) in [6.45, 7) is 0. The van der Waals surface area contributed by atoms with E-state index in [1.165, 1.54) is 82.7 Å². The summed E-state index contributed by atoms with van der Waals surface area (Å²) in [7, 11) is 0. The number of para-hydroxylation sites is 5. The first kappa shape index (κ1) is 31.7. The Morgan fingerprint density at radius 3 is 1.67 bits per heavy atom. The molecular weight excluding hydrogens is 693 g/mol. The van der Waals surface area contributed by atoms with E-state index in [1.807, 2.05) is 12.1 Å². The van der Waals surface area contributed by atoms with E-state index in [2.05, 4.69) is 203 Å². The SMILES string of the molecule is c1ccc(-n2c3ccccc3c3c(-c4ccc(-c5ccccc5-n5c6ccccc6c6cc(-c7ccc8oc9ccccc9c8c7)ccc65)cc4)cccc32)cc1. The number of hydrogen-bond donors (Lipinski definition) is 0. The lowest BCUT2D eigenvalue weighted by Crippen LogP contribution is -1.97. The molecule has 0 bridgehead atoms. The minimum absolute atomic E-state index is 0.912. The lowest BCUT2D eigenvalue weighted by atomic mass is 9.96. The Morgan fingerprint density at radius 1 is 0.298 bits per heavy atom. The highest BCUT2D eigenvalue weighted by molar-refractivity contribution is 6.16. The van der Waals surface area contributed by atoms with Gasteiger partial charge in [-0.05, 0) is 94.5 Å². The monoisotopic (exact) mass is 726 g/mol. The van der Waals surface area contributed by atoms with Crippen LogP contribution in [-0.2, 0) is 0 Å². The molecule has 0 saturated heterocycles. The zero-order valence-electron chi connectivity index (χ0n) is 30.9. The maximum atomic E-state index is 6.14. The Kier molecular flexibility index (Phi) is 6.93. The molecule has 0 amide bonds. The fraction of sp³-hybridized carbons (Fsp3) is 0. The third-order valence-electron chi connectivity index (χ3n) is 11.7. The Hall–Kier alpha value is -7.62. The van der Waals surface area contributed by atoms with Crippen molar-refractivity contribution in [3.05, 3.63) is 206 Å². The summed E-state index contributed by atoms with van der Waals surface area (Å²) in [4.78, 5) is 0. The zero-order chi connectivity index (χ0) is 37.5. The number of benzene rings is 9. The Balaban J connectivity index is 0.977. The van der Waals surface area contributed by atoms with Crippen molar-refractivity contribution in [2.45, 2.75) is 0 Å². The number of nitrogens with zero attached hydrogens (tertiary/aromatic N) is 2. The van der Waals surface area contributed by atoms with E-state index in [9.17, 15) is 0 Å². The molecule has 0 aliphatic heterocycles. The van der Waals surface area contributed by atoms with Crippen molar-refractivity contribution in [3.63, 3.8) is 0 Å². The van der Waals surface area contributed by atoms with Crippen LogP contribution in [0.5, 0.6) is 0 Å². The molecule has 0 N–H and O–H groups in total. The number of rotatable bonds is 5. The molecule has 9 aromatic carbocycles. The van der Waals surface area contributed by atoms with Crippen LogP contribution in [0.1, 0.15) is 0 Å². The first-order valence-corrected chi connectivity index (χ1v) is 19.5. The van der Waals surface area contributed by atoms with E-state index in [0.717, 1.165) is 27.6 Å². The van der Waals surface area contributed by atoms with Crippen LogP contribution in [0.15, 0.2) is 211 Å². The van der Waals surface area contributed by atoms with Gasteiger partial charge in [0.15, 0.2) is 0 Å². The fourth-order valence-corrected chi connectivity index (χ4v) is 9.17. The molecule has 0 unspecified atom stereocenters. The van der Waals surface area contributed by atoms with Gasteiger partial charge in [-0.1, -0.05) is 140 Å². The van der Waals surface area contributed by atoms with Gasteiger partial charge in [0, 0.05) is 43.6 Å². The zero-order valence-corrected chi connectivity index (χ0v) is 30.9. The van der Waals surface area contributed by atoms with Crippen LogP contribution < -0.4 is 0 Å². The molecule has 3 nitrogen and oxygen atoms in total. The highest BCUT2D eigenvalue weighted by Crippen LogP contribution is 2.41. The Morgan fingerprint density at radius 2 is 0.842 bits per heavy atom. The average molecular weight is 727 g/mol. The van der Waals surface area contributed by atoms with Crippen LogP contribution in [0, 0.1) is 0 Å². The minimum Gasteiger partial charge on any atom is -0.456 e. The van der Waals surface area contributed by atoms with Gasteiger partial charge in [0.25, 0.3) is 0 Å². The first-order chi connectivity index (χ1) is 28.3. The van der Waals surface area contributed by atoms with Crippen LogP contribution in [0.2, 0.25) is 0 Å². The first-order valence-electron chi connectivity index (χ1n) is 19.5. The lowest BCUT2D eigenvalue weighted by molar-refractivity contribution is 0.669. The van der Waals surface area contributed by atoms with Crippen molar-refractivity contribution in [2.75, 3.05) is 0 Å². The van der Waals surface area contributed by atoms with Crippen molar-refractivity contribution in [2.24, 2.45) is 0 Å². The molecule has 266 valence electrons. The van der Waals surface area contributed by atoms with Crippen LogP contribution in [-0.4, -0.2) is 9.13 Å². The minimum atomic E-state index is 0.912. The summed E-state index contributed by atoms with van der Waals surface area (Å²) in [5.74, 6) is 0. The molecule has 0 aliphatic carbocycles. The van der Waals surface area contributed by atoms with Crippen LogP contribution >= 0.6 is 0 Å². The molecule has 12 aromatic rings. The third kappa shape index (κ3) is 4.86. The van der Waals surface area contributed by atoms with E-state index in [-0.39, 0.29) is 0 Å². The number of hydrogen-bond acceptors (Lipinski definition) is 1. The van der Waals surface area contributed by atoms with Gasteiger partial charge in [-0.3, -0.25) is 0 Å². The second-order valence-electron chi connectivity index (χ2n) is 14.9. The van der Waals surface area contributed by atoms with E-state index in [1.54, 1.807) is 0 Å². The molecule has 0 fully saturated rings. The third-order valence-corrected chi connectivity index (χ3v) is 11.7. The van der Waals surface area contributed by atoms with Gasteiger partial charge < -0.3 is 13.6 Å². The Labute approximate surface area is 328 Å². The highest BCUT2D eigenvalue weighted by atomic mass is 16.3. The standard InChI is InChI=1S/C54H34N2O/c1-2-13-39(14-3-1)55-49-22-10-6-18-44(49)54-41(19-12-23-51(54)55)36-27-25-35(26-28-36)40-15-4-8-20-47(40)56-48-21-9-5-16-42(48)45-33-37(29-31-50(45)56)38-30-32-53-46(34-38)43-17-7-11-24-52(43)57-53/h1-34H. The largest absolute Gasteiger partial charge is 0.456 e. The normalized spacial score (nSPS) is 11.9. The molecule has 12 rings (SSSR count). The van der Waals surface area contributed by atoms with Crippen molar-refractivity contribution >= 4 is 65.6 Å². The second kappa shape index (κ2) is 12.5. The summed E-state index contributed by atoms with van der Waals surface area (Å²) in [5, 5.41) is 7.27. The molecule has 0 spiro atoms. The lowest BCUT2D eigenvalue weighted by Gasteiger charge is -2.15. The molecule has 0 aliphatic rings. The van der Waals surface area contributed by atoms with E-state index >= 15 is 0 Å². The van der Waals surface area contributed by atoms with Gasteiger partial charge in [-0.2, -0.15) is 0 Å². The molecule has 0 saturated carbocycles. The summed E-state index contributed by atoms with van der Waals surface area (Å²) in [6, 6.07) is 74.5. The van der Waals surface area contributed by atoms with Gasteiger partial charge in [-0.15, -0.1) is 0 Å². The number of furan rings is 1. The fourth-order valence-electron chi connectivity index (χ4n) is 9.17. The number of aromatic nitrogens is 2. The van der Waals surface area contributed by atoms with Gasteiger partial charge in [-0.25, -0.2) is 0 Å². The molecule has 0 radical (unpaired) electrons. The second-order valence-corrected chi connectivity index (χ2v) is 14.9. The molecule has 57 heavy (non-hydrogen) atoms. The van der Waals surface area contributed by atoms with Crippen LogP contribution in [0.25, 0.3) is 110 Å². The van der Waals surface area contributed by atoms with E-state index in [0.29, 0.717) is 0 Å². The van der Waals surface area contributed by atoms with Gasteiger partial charge >= 0.3 is 0 Å². The summed E-state index contributed by atoms with van der Waals surface area (Å²) >= 11 is 0. The quantitative estimate of drug-likeness (QED) is 0.173. The maximum Gasteiger partial charge on any atom is 0.135 e. The summed E-state index contributed by atoms with van der Waals surface area (Å²) in [6.07, 6.45) is 0. The van der Waals surface area contributed by atoms with Crippen molar-refractivity contribution in [3.8, 4) is 44.8 Å². The van der Waals surface area contributed by atoms with E-state index < -0.39 is 0 Å². The highest BCUT2D eigenvalue weighted by Gasteiger charge is 2.19. The average Bonchev–Trinajstić information content (AvgIpc) is 3.94. The topological polar surface area (TPSA) is 23.0 Å². The Bertz CT molecular complexity index is 3510. The van der Waals surface area contributed by atoms with Gasteiger partial charge in [0.05, 0.1) is 27.8 Å². The molecule has 0 atom stereocenters. The number of fused-ring (bicyclic) bond motifs is 9. The predicted octanol–water partition coefficient (Wildman–Crippen LogP) is 14.8. The summed E-state index contributed by atoms with van der Waals surface area (Å²) < 4.78 is 11.0. The molecule has 3 aromatic heterocycles. The van der Waals surface area contributed by atoms with Gasteiger partial charge in [0.2, 0.25) is 0 Å². The van der Waals surface area contributed by atoms with Crippen molar-refractivity contribution < 1.29 is 4.42 Å². The molecule has 3 heterocycles.